The van der Waals surface area contributed by atoms with E-state index in [0.717, 1.165) is 5.56 Å². The molecule has 2 nitrogen and oxygen atoms in total. The molecule has 110 valence electrons. The number of halogens is 2. The van der Waals surface area contributed by atoms with Gasteiger partial charge in [-0.25, -0.2) is 0 Å². The molecule has 0 aliphatic carbocycles. The molecule has 0 aliphatic heterocycles. The highest BCUT2D eigenvalue weighted by Gasteiger charge is 2.15. The predicted octanol–water partition coefficient (Wildman–Crippen LogP) is 5.19. The van der Waals surface area contributed by atoms with Crippen LogP contribution in [0.4, 0.5) is 0 Å². The van der Waals surface area contributed by atoms with Gasteiger partial charge >= 0.3 is 0 Å². The second-order valence-electron chi connectivity index (χ2n) is 5.22. The fourth-order valence-electron chi connectivity index (χ4n) is 1.94. The van der Waals surface area contributed by atoms with E-state index in [1.165, 1.54) is 0 Å². The van der Waals surface area contributed by atoms with Crippen molar-refractivity contribution < 1.29 is 5.11 Å². The summed E-state index contributed by atoms with van der Waals surface area (Å²) in [6.45, 7) is 4.82. The minimum absolute atomic E-state index is 0.141. The van der Waals surface area contributed by atoms with E-state index in [4.69, 9.17) is 23.2 Å². The van der Waals surface area contributed by atoms with Crippen molar-refractivity contribution in [2.75, 3.05) is 6.54 Å². The highest BCUT2D eigenvalue weighted by atomic mass is 35.5. The summed E-state index contributed by atoms with van der Waals surface area (Å²) in [5, 5.41) is 11.3. The Morgan fingerprint density at radius 1 is 1.10 bits per heavy atom. The highest BCUT2D eigenvalue weighted by Crippen LogP contribution is 2.28. The second kappa shape index (κ2) is 6.97. The average molecular weight is 322 g/mol. The number of rotatable bonds is 4. The van der Waals surface area contributed by atoms with Crippen LogP contribution in [0.25, 0.3) is 0 Å². The number of hydrogen-bond acceptors (Lipinski definition) is 2. The molecule has 0 spiro atoms. The van der Waals surface area contributed by atoms with Gasteiger partial charge in [-0.1, -0.05) is 55.2 Å². The fraction of sp³-hybridized carbons (Fsp3) is 0.235. The van der Waals surface area contributed by atoms with Gasteiger partial charge in [0.25, 0.3) is 0 Å². The van der Waals surface area contributed by atoms with E-state index in [9.17, 15) is 5.11 Å². The number of aromatic hydroxyl groups is 1. The summed E-state index contributed by atoms with van der Waals surface area (Å²) in [6.07, 6.45) is 0. The molecule has 0 bridgehead atoms. The maximum atomic E-state index is 10.1. The van der Waals surface area contributed by atoms with Crippen LogP contribution < -0.4 is 0 Å². The molecule has 0 amide bonds. The van der Waals surface area contributed by atoms with Crippen LogP contribution in [0.2, 0.25) is 10.0 Å². The molecule has 0 heterocycles. The van der Waals surface area contributed by atoms with Crippen molar-refractivity contribution in [3.8, 4) is 5.75 Å². The second-order valence-corrected chi connectivity index (χ2v) is 6.07. The molecule has 21 heavy (non-hydrogen) atoms. The van der Waals surface area contributed by atoms with E-state index in [2.05, 4.69) is 18.8 Å². The Kier molecular flexibility index (Phi) is 5.27. The minimum atomic E-state index is 0.141. The number of nitrogens with zero attached hydrogens (tertiary/aromatic N) is 1. The first-order valence-corrected chi connectivity index (χ1v) is 7.53. The average Bonchev–Trinajstić information content (AvgIpc) is 2.44. The monoisotopic (exact) mass is 321 g/mol. The summed E-state index contributed by atoms with van der Waals surface area (Å²) in [6, 6.07) is 12.4. The molecule has 0 fully saturated rings. The lowest BCUT2D eigenvalue weighted by molar-refractivity contribution is 0.474. The van der Waals surface area contributed by atoms with Gasteiger partial charge in [0.15, 0.2) is 0 Å². The number of aliphatic imine (C=N–C) groups is 1. The number of phenols is 1. The van der Waals surface area contributed by atoms with Crippen molar-refractivity contribution in [2.45, 2.75) is 13.8 Å². The Morgan fingerprint density at radius 2 is 1.81 bits per heavy atom. The smallest absolute Gasteiger partial charge is 0.125 e. The third kappa shape index (κ3) is 3.99. The van der Waals surface area contributed by atoms with E-state index in [1.807, 2.05) is 24.3 Å². The molecular weight excluding hydrogens is 305 g/mol. The maximum Gasteiger partial charge on any atom is 0.125 e. The van der Waals surface area contributed by atoms with Gasteiger partial charge in [0.1, 0.15) is 5.75 Å². The zero-order valence-electron chi connectivity index (χ0n) is 12.0. The molecule has 0 radical (unpaired) electrons. The molecule has 2 aromatic carbocycles. The Balaban J connectivity index is 2.59. The van der Waals surface area contributed by atoms with Crippen LogP contribution in [0.1, 0.15) is 25.0 Å². The molecular formula is C17H17Cl2NO. The first-order chi connectivity index (χ1) is 9.99. The maximum absolute atomic E-state index is 10.1. The van der Waals surface area contributed by atoms with E-state index in [0.29, 0.717) is 33.8 Å². The Bertz CT molecular complexity index is 666. The van der Waals surface area contributed by atoms with Crippen LogP contribution in [0.3, 0.4) is 0 Å². The van der Waals surface area contributed by atoms with Gasteiger partial charge < -0.3 is 5.11 Å². The third-order valence-corrected chi connectivity index (χ3v) is 3.52. The van der Waals surface area contributed by atoms with Crippen molar-refractivity contribution in [3.05, 3.63) is 63.6 Å². The van der Waals surface area contributed by atoms with Crippen LogP contribution in [0.15, 0.2) is 47.5 Å². The van der Waals surface area contributed by atoms with E-state index in [-0.39, 0.29) is 5.75 Å². The normalized spacial score (nSPS) is 12.0. The summed E-state index contributed by atoms with van der Waals surface area (Å²) in [5.74, 6) is 0.547. The fourth-order valence-corrected chi connectivity index (χ4v) is 2.34. The molecule has 1 N–H and O–H groups in total. The zero-order valence-corrected chi connectivity index (χ0v) is 13.5. The number of benzene rings is 2. The lowest BCUT2D eigenvalue weighted by atomic mass is 10.0. The van der Waals surface area contributed by atoms with E-state index < -0.39 is 0 Å². The summed E-state index contributed by atoms with van der Waals surface area (Å²) in [7, 11) is 0. The van der Waals surface area contributed by atoms with Gasteiger partial charge in [0, 0.05) is 27.7 Å². The van der Waals surface area contributed by atoms with Gasteiger partial charge in [0.2, 0.25) is 0 Å². The molecule has 2 aromatic rings. The molecule has 0 saturated carbocycles. The topological polar surface area (TPSA) is 32.6 Å². The van der Waals surface area contributed by atoms with Gasteiger partial charge in [0.05, 0.1) is 5.71 Å². The largest absolute Gasteiger partial charge is 0.507 e. The molecule has 0 aliphatic rings. The molecule has 0 unspecified atom stereocenters. The van der Waals surface area contributed by atoms with Crippen molar-refractivity contribution in [1.29, 1.82) is 0 Å². The summed E-state index contributed by atoms with van der Waals surface area (Å²) in [5.41, 5.74) is 2.04. The van der Waals surface area contributed by atoms with Gasteiger partial charge in [-0.05, 0) is 30.2 Å². The van der Waals surface area contributed by atoms with Gasteiger partial charge in [-0.15, -0.1) is 0 Å². The Morgan fingerprint density at radius 3 is 2.48 bits per heavy atom. The van der Waals surface area contributed by atoms with E-state index >= 15 is 0 Å². The molecule has 2 rings (SSSR count). The quantitative estimate of drug-likeness (QED) is 0.772. The van der Waals surface area contributed by atoms with Crippen molar-refractivity contribution in [3.63, 3.8) is 0 Å². The number of hydrogen-bond donors (Lipinski definition) is 1. The van der Waals surface area contributed by atoms with Gasteiger partial charge in [-0.3, -0.25) is 4.99 Å². The molecule has 4 heteroatoms. The lowest BCUT2D eigenvalue weighted by Crippen LogP contribution is -2.07. The summed E-state index contributed by atoms with van der Waals surface area (Å²) >= 11 is 12.3. The Hall–Kier alpha value is -1.51. The lowest BCUT2D eigenvalue weighted by Gasteiger charge is -2.12. The van der Waals surface area contributed by atoms with Crippen LogP contribution in [0, 0.1) is 5.92 Å². The molecule has 0 saturated heterocycles. The summed E-state index contributed by atoms with van der Waals surface area (Å²) < 4.78 is 0. The van der Waals surface area contributed by atoms with Crippen LogP contribution in [0.5, 0.6) is 5.75 Å². The molecule has 0 aromatic heterocycles. The van der Waals surface area contributed by atoms with Crippen LogP contribution in [-0.4, -0.2) is 17.4 Å². The minimum Gasteiger partial charge on any atom is -0.507 e. The van der Waals surface area contributed by atoms with Crippen molar-refractivity contribution >= 4 is 28.9 Å². The zero-order chi connectivity index (χ0) is 15.4. The standard InChI is InChI=1S/C17H17Cl2NO/c1-11(2)10-20-17(13-5-3-4-6-15(13)19)14-9-12(18)7-8-16(14)21/h3-9,11,21H,10H2,1-2H3. The van der Waals surface area contributed by atoms with Gasteiger partial charge in [-0.2, -0.15) is 0 Å². The van der Waals surface area contributed by atoms with Crippen LogP contribution in [-0.2, 0) is 0 Å². The SMILES string of the molecule is CC(C)CN=C(c1cc(Cl)ccc1O)c1ccccc1Cl. The predicted molar refractivity (Wildman–Crippen MR) is 89.9 cm³/mol. The first kappa shape index (κ1) is 15.9. The van der Waals surface area contributed by atoms with Crippen LogP contribution >= 0.6 is 23.2 Å². The Labute approximate surface area is 135 Å². The summed E-state index contributed by atoms with van der Waals surface area (Å²) in [4.78, 5) is 4.64. The van der Waals surface area contributed by atoms with Crippen molar-refractivity contribution in [1.82, 2.24) is 0 Å². The van der Waals surface area contributed by atoms with Crippen molar-refractivity contribution in [2.24, 2.45) is 10.9 Å². The number of phenolic OH excluding ortho intramolecular Hbond substituents is 1. The van der Waals surface area contributed by atoms with E-state index in [1.54, 1.807) is 18.2 Å². The third-order valence-electron chi connectivity index (χ3n) is 2.96. The highest BCUT2D eigenvalue weighted by molar-refractivity contribution is 6.36. The molecule has 0 atom stereocenters. The first-order valence-electron chi connectivity index (χ1n) is 6.77.